The van der Waals surface area contributed by atoms with Crippen LogP contribution in [0.5, 0.6) is 0 Å². The van der Waals surface area contributed by atoms with Crippen molar-refractivity contribution in [2.45, 2.75) is 27.2 Å². The van der Waals surface area contributed by atoms with Gasteiger partial charge in [-0.1, -0.05) is 55.2 Å². The standard InChI is InChI=1S/C13H9.C8H11.2C7H5Cl.Zr/c1-3-7-12-10(5-1)9-11-6-2-4-8-13(11)12;1-6-4-7(2)8(3)5-6;2*1-6-2-4-7(8)5-3-6;/h1-5,7-8H,9H2;4,6H,1-3H3;2*1-5H;/q2*-1;;;. The Morgan fingerprint density at radius 2 is 1.34 bits per heavy atom. The van der Waals surface area contributed by atoms with Gasteiger partial charge >= 0.3 is 123 Å². The van der Waals surface area contributed by atoms with E-state index < -0.39 is 22.3 Å². The minimum Gasteiger partial charge on any atom is -0.179 e. The summed E-state index contributed by atoms with van der Waals surface area (Å²) in [5.74, 6) is 0.551. The number of allylic oxidation sites excluding steroid dienone is 4. The largest absolute Gasteiger partial charge is 0.179 e. The van der Waals surface area contributed by atoms with Gasteiger partial charge in [-0.3, -0.25) is 6.08 Å². The van der Waals surface area contributed by atoms with E-state index in [-0.39, 0.29) is 0 Å². The van der Waals surface area contributed by atoms with Crippen LogP contribution in [-0.4, -0.2) is 7.42 Å². The fraction of sp³-hybridized carbons (Fsp3) is 0.143. The van der Waals surface area contributed by atoms with Crippen molar-refractivity contribution in [2.24, 2.45) is 5.92 Å². The Kier molecular flexibility index (Phi) is 10.6. The molecule has 0 radical (unpaired) electrons. The van der Waals surface area contributed by atoms with Crippen LogP contribution in [0.2, 0.25) is 10.0 Å². The molecule has 1 unspecified atom stereocenters. The van der Waals surface area contributed by atoms with Gasteiger partial charge in [0.15, 0.2) is 0 Å². The molecular formula is C35H30Cl2Zr-2. The first-order valence-electron chi connectivity index (χ1n) is 12.7. The van der Waals surface area contributed by atoms with E-state index in [1.165, 1.54) is 44.5 Å². The maximum absolute atomic E-state index is 5.84. The van der Waals surface area contributed by atoms with Crippen LogP contribution in [0.15, 0.2) is 108 Å². The summed E-state index contributed by atoms with van der Waals surface area (Å²) in [6.07, 6.45) is 6.57. The summed E-state index contributed by atoms with van der Waals surface area (Å²) in [7, 11) is 0. The second-order valence-electron chi connectivity index (χ2n) is 9.36. The molecule has 0 amide bonds. The molecule has 0 bridgehead atoms. The molecule has 0 nitrogen and oxygen atoms in total. The molecule has 0 heterocycles. The van der Waals surface area contributed by atoms with E-state index in [1.807, 2.05) is 30.3 Å². The molecule has 0 spiro atoms. The van der Waals surface area contributed by atoms with Crippen LogP contribution in [0.1, 0.15) is 43.0 Å². The van der Waals surface area contributed by atoms with Gasteiger partial charge in [0.25, 0.3) is 0 Å². The molecule has 1 atom stereocenters. The van der Waals surface area contributed by atoms with Crippen molar-refractivity contribution in [2.75, 3.05) is 0 Å². The molecule has 0 saturated carbocycles. The van der Waals surface area contributed by atoms with E-state index >= 15 is 0 Å². The van der Waals surface area contributed by atoms with Gasteiger partial charge in [-0.2, -0.15) is 35.9 Å². The Hall–Kier alpha value is -2.44. The van der Waals surface area contributed by atoms with E-state index in [9.17, 15) is 0 Å². The monoisotopic (exact) mass is 610 g/mol. The van der Waals surface area contributed by atoms with Gasteiger partial charge in [-0.05, 0) is 6.42 Å². The molecule has 4 aromatic carbocycles. The van der Waals surface area contributed by atoms with Crippen molar-refractivity contribution in [3.05, 3.63) is 153 Å². The molecule has 190 valence electrons. The molecule has 6 rings (SSSR count). The van der Waals surface area contributed by atoms with Crippen molar-refractivity contribution in [3.8, 4) is 11.1 Å². The Morgan fingerprint density at radius 1 is 0.763 bits per heavy atom. The number of halogens is 2. The van der Waals surface area contributed by atoms with E-state index in [4.69, 9.17) is 23.2 Å². The first kappa shape index (κ1) is 28.6. The summed E-state index contributed by atoms with van der Waals surface area (Å²) in [5, 5.41) is 1.57. The van der Waals surface area contributed by atoms with Crippen LogP contribution in [0.25, 0.3) is 11.1 Å². The summed E-state index contributed by atoms with van der Waals surface area (Å²) in [5.41, 5.74) is 10.7. The quantitative estimate of drug-likeness (QED) is 0.174. The maximum Gasteiger partial charge on any atom is -0.0253 e. The second kappa shape index (κ2) is 14.1. The minimum atomic E-state index is -0.623. The third-order valence-corrected chi connectivity index (χ3v) is 9.35. The van der Waals surface area contributed by atoms with Crippen LogP contribution in [0.4, 0.5) is 0 Å². The zero-order valence-corrected chi connectivity index (χ0v) is 25.9. The van der Waals surface area contributed by atoms with Crippen molar-refractivity contribution < 1.29 is 22.3 Å². The Labute approximate surface area is 248 Å². The van der Waals surface area contributed by atoms with Gasteiger partial charge in [0.2, 0.25) is 0 Å². The molecule has 4 aromatic rings. The van der Waals surface area contributed by atoms with Gasteiger partial charge in [0, 0.05) is 0 Å². The van der Waals surface area contributed by atoms with Gasteiger partial charge in [0.1, 0.15) is 0 Å². The summed E-state index contributed by atoms with van der Waals surface area (Å²) >= 11 is 11.0. The van der Waals surface area contributed by atoms with Crippen molar-refractivity contribution >= 4 is 30.6 Å². The molecule has 0 aromatic heterocycles. The third kappa shape index (κ3) is 8.28. The number of benzene rings is 4. The average molecular weight is 613 g/mol. The fourth-order valence-corrected chi connectivity index (χ4v) is 6.70. The summed E-state index contributed by atoms with van der Waals surface area (Å²) in [6.45, 7) is 6.39. The minimum absolute atomic E-state index is 0.551. The van der Waals surface area contributed by atoms with Gasteiger partial charge < -0.3 is 0 Å². The van der Waals surface area contributed by atoms with Gasteiger partial charge in [0.05, 0.1) is 0 Å². The number of hydrogen-bond acceptors (Lipinski definition) is 0. The third-order valence-electron chi connectivity index (χ3n) is 6.39. The van der Waals surface area contributed by atoms with E-state index in [1.54, 1.807) is 0 Å². The van der Waals surface area contributed by atoms with Gasteiger partial charge in [-0.15, -0.1) is 12.5 Å². The Balaban J connectivity index is 0.000000141. The smallest absolute Gasteiger partial charge is 0.0253 e. The fourth-order valence-electron chi connectivity index (χ4n) is 4.35. The molecule has 0 saturated heterocycles. The van der Waals surface area contributed by atoms with Crippen LogP contribution in [-0.2, 0) is 28.7 Å². The summed E-state index contributed by atoms with van der Waals surface area (Å²) in [6, 6.07) is 34.0. The molecule has 0 aliphatic heterocycles. The zero-order valence-electron chi connectivity index (χ0n) is 21.9. The van der Waals surface area contributed by atoms with E-state index in [2.05, 4.69) is 107 Å². The average Bonchev–Trinajstić information content (AvgIpc) is 3.44. The van der Waals surface area contributed by atoms with E-state index in [0.29, 0.717) is 5.92 Å². The summed E-state index contributed by atoms with van der Waals surface area (Å²) < 4.78 is 4.66. The maximum atomic E-state index is 5.84. The van der Waals surface area contributed by atoms with Crippen molar-refractivity contribution in [1.29, 1.82) is 0 Å². The van der Waals surface area contributed by atoms with E-state index in [0.717, 1.165) is 16.5 Å². The molecule has 3 heteroatoms. The molecule has 2 aliphatic carbocycles. The van der Waals surface area contributed by atoms with Crippen LogP contribution >= 0.6 is 23.2 Å². The topological polar surface area (TPSA) is 0 Å². The molecular weight excluding hydrogens is 583 g/mol. The molecule has 0 N–H and O–H groups in total. The molecule has 2 aliphatic rings. The zero-order chi connectivity index (χ0) is 26.9. The number of hydrogen-bond donors (Lipinski definition) is 0. The second-order valence-corrected chi connectivity index (χ2v) is 12.5. The normalized spacial score (nSPS) is 14.3. The molecule has 38 heavy (non-hydrogen) atoms. The SMILES string of the molecule is CC1=[C-]C(C)C=C1C.Clc1ccc([CH]=[Zr]=[CH]c2ccc(Cl)cc2)cc1.[c-]1cccc2c1Cc1ccccc1-2. The predicted octanol–water partition coefficient (Wildman–Crippen LogP) is 9.47. The van der Waals surface area contributed by atoms with Crippen molar-refractivity contribution in [3.63, 3.8) is 0 Å². The molecule has 0 fully saturated rings. The Morgan fingerprint density at radius 3 is 1.87 bits per heavy atom. The van der Waals surface area contributed by atoms with Crippen molar-refractivity contribution in [1.82, 2.24) is 0 Å². The van der Waals surface area contributed by atoms with Crippen LogP contribution < -0.4 is 0 Å². The number of rotatable bonds is 2. The van der Waals surface area contributed by atoms with Gasteiger partial charge in [-0.25, -0.2) is 11.1 Å². The number of fused-ring (bicyclic) bond motifs is 3. The van der Waals surface area contributed by atoms with Crippen LogP contribution in [0.3, 0.4) is 0 Å². The summed E-state index contributed by atoms with van der Waals surface area (Å²) in [4.78, 5) is 0. The first-order chi connectivity index (χ1) is 18.4. The first-order valence-corrected chi connectivity index (χ1v) is 16.3. The predicted molar refractivity (Wildman–Crippen MR) is 162 cm³/mol. The Bertz CT molecular complexity index is 1390. The van der Waals surface area contributed by atoms with Crippen LogP contribution in [0, 0.1) is 18.1 Å².